The molecule has 2 aliphatic rings. The average Bonchev–Trinajstić information content (AvgIpc) is 2.90. The fraction of sp³-hybridized carbons (Fsp3) is 0.600. The molecule has 3 rings (SSSR count). The molecule has 0 bridgehead atoms. The standard InChI is InChI=1S/C20H29N3O3/c1-15-9-11-22(12-10-15)13-17(24)14-23-19(25)18(21-20(23)26)8-7-16-5-3-2-4-6-16/h2-6,15,17-18,24H,7-14H2,1H3,(H,21,26)/t17-,18-/m0/s1. The zero-order valence-corrected chi connectivity index (χ0v) is 15.4. The van der Waals surface area contributed by atoms with Crippen LogP contribution in [0.5, 0.6) is 0 Å². The van der Waals surface area contributed by atoms with Gasteiger partial charge in [-0.15, -0.1) is 0 Å². The van der Waals surface area contributed by atoms with Crippen LogP contribution in [0.3, 0.4) is 0 Å². The van der Waals surface area contributed by atoms with Crippen molar-refractivity contribution in [2.24, 2.45) is 5.92 Å². The first-order valence-electron chi connectivity index (χ1n) is 9.59. The van der Waals surface area contributed by atoms with Gasteiger partial charge in [0.15, 0.2) is 0 Å². The van der Waals surface area contributed by atoms with Gasteiger partial charge in [0.05, 0.1) is 12.6 Å². The average molecular weight is 359 g/mol. The Morgan fingerprint density at radius 3 is 2.54 bits per heavy atom. The van der Waals surface area contributed by atoms with Crippen LogP contribution in [0.2, 0.25) is 0 Å². The van der Waals surface area contributed by atoms with Gasteiger partial charge in [-0.2, -0.15) is 0 Å². The summed E-state index contributed by atoms with van der Waals surface area (Å²) in [4.78, 5) is 28.1. The molecule has 0 aliphatic carbocycles. The molecule has 3 amide bonds. The molecule has 6 nitrogen and oxygen atoms in total. The monoisotopic (exact) mass is 359 g/mol. The third-order valence-electron chi connectivity index (χ3n) is 5.41. The van der Waals surface area contributed by atoms with Crippen molar-refractivity contribution in [3.05, 3.63) is 35.9 Å². The van der Waals surface area contributed by atoms with Gasteiger partial charge >= 0.3 is 6.03 Å². The Morgan fingerprint density at radius 2 is 1.85 bits per heavy atom. The summed E-state index contributed by atoms with van der Waals surface area (Å²) in [5.74, 6) is 0.511. The highest BCUT2D eigenvalue weighted by molar-refractivity contribution is 6.04. The Morgan fingerprint density at radius 1 is 1.15 bits per heavy atom. The molecule has 1 aromatic rings. The minimum Gasteiger partial charge on any atom is -0.390 e. The molecule has 0 saturated carbocycles. The number of carbonyl (C=O) groups is 2. The predicted molar refractivity (Wildman–Crippen MR) is 99.6 cm³/mol. The van der Waals surface area contributed by atoms with Crippen molar-refractivity contribution in [1.82, 2.24) is 15.1 Å². The molecule has 26 heavy (non-hydrogen) atoms. The number of hydrogen-bond acceptors (Lipinski definition) is 4. The van der Waals surface area contributed by atoms with Gasteiger partial charge in [-0.3, -0.25) is 9.69 Å². The number of amides is 3. The minimum absolute atomic E-state index is 0.0680. The van der Waals surface area contributed by atoms with Crippen LogP contribution in [-0.2, 0) is 11.2 Å². The highest BCUT2D eigenvalue weighted by atomic mass is 16.3. The summed E-state index contributed by atoms with van der Waals surface area (Å²) in [6.07, 6.45) is 2.88. The summed E-state index contributed by atoms with van der Waals surface area (Å²) in [5.41, 5.74) is 1.15. The maximum absolute atomic E-state index is 12.5. The number of imide groups is 1. The molecule has 2 N–H and O–H groups in total. The van der Waals surface area contributed by atoms with E-state index in [-0.39, 0.29) is 18.5 Å². The lowest BCUT2D eigenvalue weighted by molar-refractivity contribution is -0.128. The Balaban J connectivity index is 1.47. The van der Waals surface area contributed by atoms with Gasteiger partial charge in [-0.05, 0) is 50.3 Å². The van der Waals surface area contributed by atoms with Gasteiger partial charge in [-0.25, -0.2) is 4.79 Å². The van der Waals surface area contributed by atoms with E-state index in [1.54, 1.807) is 0 Å². The van der Waals surface area contributed by atoms with E-state index in [4.69, 9.17) is 0 Å². The Hall–Kier alpha value is -1.92. The lowest BCUT2D eigenvalue weighted by Gasteiger charge is -2.32. The molecular formula is C20H29N3O3. The van der Waals surface area contributed by atoms with E-state index in [0.717, 1.165) is 43.8 Å². The summed E-state index contributed by atoms with van der Waals surface area (Å²) in [6.45, 7) is 4.77. The minimum atomic E-state index is -0.703. The number of benzene rings is 1. The summed E-state index contributed by atoms with van der Waals surface area (Å²) >= 11 is 0. The Labute approximate surface area is 155 Å². The number of nitrogens with one attached hydrogen (secondary N) is 1. The van der Waals surface area contributed by atoms with Gasteiger partial charge in [-0.1, -0.05) is 37.3 Å². The Kier molecular flexibility index (Phi) is 6.27. The van der Waals surface area contributed by atoms with Crippen molar-refractivity contribution in [3.8, 4) is 0 Å². The summed E-state index contributed by atoms with van der Waals surface area (Å²) < 4.78 is 0. The normalized spacial score (nSPS) is 23.3. The van der Waals surface area contributed by atoms with Crippen molar-refractivity contribution < 1.29 is 14.7 Å². The number of aliphatic hydroxyl groups is 1. The third kappa shape index (κ3) is 4.83. The zero-order chi connectivity index (χ0) is 18.5. The molecule has 2 saturated heterocycles. The van der Waals surface area contributed by atoms with Crippen LogP contribution < -0.4 is 5.32 Å². The van der Waals surface area contributed by atoms with Crippen molar-refractivity contribution >= 4 is 11.9 Å². The van der Waals surface area contributed by atoms with Crippen LogP contribution >= 0.6 is 0 Å². The van der Waals surface area contributed by atoms with Gasteiger partial charge in [0.25, 0.3) is 5.91 Å². The molecule has 0 spiro atoms. The van der Waals surface area contributed by atoms with Crippen molar-refractivity contribution in [2.75, 3.05) is 26.2 Å². The molecule has 2 aliphatic heterocycles. The number of β-amino-alcohol motifs (C(OH)–C–C–N with tert-alkyl or cyclic N) is 1. The molecule has 2 atom stereocenters. The second-order valence-electron chi connectivity index (χ2n) is 7.61. The SMILES string of the molecule is CC1CCN(C[C@H](O)CN2C(=O)N[C@@H](CCc3ccccc3)C2=O)CC1. The van der Waals surface area contributed by atoms with E-state index in [1.165, 1.54) is 4.90 Å². The molecule has 2 heterocycles. The molecule has 6 heteroatoms. The number of hydrogen-bond donors (Lipinski definition) is 2. The van der Waals surface area contributed by atoms with Gasteiger partial charge in [0.1, 0.15) is 6.04 Å². The summed E-state index contributed by atoms with van der Waals surface area (Å²) in [6, 6.07) is 9.04. The molecule has 1 aromatic carbocycles. The van der Waals surface area contributed by atoms with E-state index >= 15 is 0 Å². The number of aliphatic hydroxyl groups excluding tert-OH is 1. The van der Waals surface area contributed by atoms with Gasteiger partial charge in [0.2, 0.25) is 0 Å². The predicted octanol–water partition coefficient (Wildman–Crippen LogP) is 1.63. The quantitative estimate of drug-likeness (QED) is 0.726. The van der Waals surface area contributed by atoms with Crippen LogP contribution in [0.15, 0.2) is 30.3 Å². The second kappa shape index (κ2) is 8.64. The van der Waals surface area contributed by atoms with E-state index in [2.05, 4.69) is 17.1 Å². The number of carbonyl (C=O) groups excluding carboxylic acids is 2. The van der Waals surface area contributed by atoms with Crippen LogP contribution in [0, 0.1) is 5.92 Å². The van der Waals surface area contributed by atoms with E-state index in [0.29, 0.717) is 13.0 Å². The van der Waals surface area contributed by atoms with E-state index in [1.807, 2.05) is 30.3 Å². The third-order valence-corrected chi connectivity index (χ3v) is 5.41. The topological polar surface area (TPSA) is 72.9 Å². The smallest absolute Gasteiger partial charge is 0.324 e. The van der Waals surface area contributed by atoms with Crippen molar-refractivity contribution in [1.29, 1.82) is 0 Å². The highest BCUT2D eigenvalue weighted by Gasteiger charge is 2.38. The fourth-order valence-corrected chi connectivity index (χ4v) is 3.71. The number of urea groups is 1. The van der Waals surface area contributed by atoms with Crippen molar-refractivity contribution in [2.45, 2.75) is 44.8 Å². The van der Waals surface area contributed by atoms with E-state index < -0.39 is 12.1 Å². The number of aryl methyl sites for hydroxylation is 1. The second-order valence-corrected chi connectivity index (χ2v) is 7.61. The van der Waals surface area contributed by atoms with Crippen LogP contribution in [0.25, 0.3) is 0 Å². The Bertz CT molecular complexity index is 614. The van der Waals surface area contributed by atoms with Crippen LogP contribution in [-0.4, -0.2) is 65.2 Å². The molecular weight excluding hydrogens is 330 g/mol. The first kappa shape index (κ1) is 18.9. The maximum Gasteiger partial charge on any atom is 0.324 e. The summed E-state index contributed by atoms with van der Waals surface area (Å²) in [5, 5.41) is 13.1. The number of piperidine rings is 1. The fourth-order valence-electron chi connectivity index (χ4n) is 3.71. The lowest BCUT2D eigenvalue weighted by atomic mass is 9.99. The van der Waals surface area contributed by atoms with E-state index in [9.17, 15) is 14.7 Å². The molecule has 0 aromatic heterocycles. The van der Waals surface area contributed by atoms with Crippen molar-refractivity contribution in [3.63, 3.8) is 0 Å². The number of nitrogens with zero attached hydrogens (tertiary/aromatic N) is 2. The number of likely N-dealkylation sites (tertiary alicyclic amines) is 1. The first-order chi connectivity index (χ1) is 12.5. The van der Waals surface area contributed by atoms with Gasteiger partial charge < -0.3 is 15.3 Å². The molecule has 142 valence electrons. The van der Waals surface area contributed by atoms with Gasteiger partial charge in [0, 0.05) is 6.54 Å². The highest BCUT2D eigenvalue weighted by Crippen LogP contribution is 2.17. The first-order valence-corrected chi connectivity index (χ1v) is 9.59. The molecule has 0 radical (unpaired) electrons. The molecule has 2 fully saturated rings. The van der Waals surface area contributed by atoms with Crippen LogP contribution in [0.4, 0.5) is 4.79 Å². The maximum atomic E-state index is 12.5. The summed E-state index contributed by atoms with van der Waals surface area (Å²) in [7, 11) is 0. The number of rotatable bonds is 7. The largest absolute Gasteiger partial charge is 0.390 e. The zero-order valence-electron chi connectivity index (χ0n) is 15.4. The molecule has 0 unspecified atom stereocenters. The van der Waals surface area contributed by atoms with Crippen LogP contribution in [0.1, 0.15) is 31.7 Å². The lowest BCUT2D eigenvalue weighted by Crippen LogP contribution is -2.45.